The fourth-order valence-electron chi connectivity index (χ4n) is 5.59. The summed E-state index contributed by atoms with van der Waals surface area (Å²) in [5.74, 6) is -1.52. The fraction of sp³-hybridized carbons (Fsp3) is 0.786. The Morgan fingerprint density at radius 1 is 0.600 bits per heavy atom. The maximum absolute atomic E-state index is 12.6. The lowest BCUT2D eigenvalue weighted by Gasteiger charge is -2.31. The zero-order valence-corrected chi connectivity index (χ0v) is 32.8. The molecular weight excluding hydrogens is 630 g/mol. The average Bonchev–Trinajstić information content (AvgIpc) is 3.06. The number of carbonyl (C=O) groups is 3. The number of carboxylic acid groups (broad SMARTS) is 1. The molecule has 0 aromatic carbocycles. The molecule has 0 aromatic rings. The van der Waals surface area contributed by atoms with Crippen LogP contribution < -0.4 is 0 Å². The van der Waals surface area contributed by atoms with Crippen LogP contribution in [0.25, 0.3) is 0 Å². The van der Waals surface area contributed by atoms with E-state index in [2.05, 4.69) is 50.3 Å². The lowest BCUT2D eigenvalue weighted by Crippen LogP contribution is -2.50. The second kappa shape index (κ2) is 33.7. The van der Waals surface area contributed by atoms with Gasteiger partial charge in [-0.1, -0.05) is 115 Å². The zero-order chi connectivity index (χ0) is 37.1. The van der Waals surface area contributed by atoms with Crippen molar-refractivity contribution >= 4 is 17.9 Å². The Bertz CT molecular complexity index is 922. The van der Waals surface area contributed by atoms with Gasteiger partial charge in [-0.15, -0.1) is 0 Å². The van der Waals surface area contributed by atoms with Crippen LogP contribution in [-0.4, -0.2) is 80.6 Å². The number of rotatable bonds is 35. The second-order valence-electron chi connectivity index (χ2n) is 14.5. The SMILES string of the molecule is CCCCC/C=C/C/C=C/CCCCCCCCCC(=O)OCC(COCCC(C(=O)O)[N+](C)(C)C)OC(=O)CCC/C=C/CCCCCC. The molecule has 0 aliphatic heterocycles. The molecule has 1 N–H and O–H groups in total. The first-order valence-corrected chi connectivity index (χ1v) is 20.0. The summed E-state index contributed by atoms with van der Waals surface area (Å²) in [6, 6.07) is -0.618. The van der Waals surface area contributed by atoms with E-state index in [0.717, 1.165) is 44.9 Å². The third-order valence-electron chi connectivity index (χ3n) is 8.76. The molecule has 2 atom stereocenters. The number of ether oxygens (including phenoxy) is 3. The van der Waals surface area contributed by atoms with E-state index in [-0.39, 0.29) is 42.7 Å². The van der Waals surface area contributed by atoms with E-state index in [9.17, 15) is 19.5 Å². The summed E-state index contributed by atoms with van der Waals surface area (Å²) in [6.07, 6.45) is 36.2. The monoisotopic (exact) mass is 707 g/mol. The number of hydrogen-bond acceptors (Lipinski definition) is 6. The number of aliphatic carboxylic acids is 1. The van der Waals surface area contributed by atoms with Crippen LogP contribution in [0, 0.1) is 0 Å². The van der Waals surface area contributed by atoms with E-state index in [1.807, 2.05) is 21.1 Å². The molecule has 50 heavy (non-hydrogen) atoms. The molecule has 0 rings (SSSR count). The predicted molar refractivity (Wildman–Crippen MR) is 206 cm³/mol. The van der Waals surface area contributed by atoms with Gasteiger partial charge in [0, 0.05) is 19.3 Å². The van der Waals surface area contributed by atoms with Crippen LogP contribution in [-0.2, 0) is 28.6 Å². The summed E-state index contributed by atoms with van der Waals surface area (Å²) >= 11 is 0. The lowest BCUT2D eigenvalue weighted by atomic mass is 10.1. The van der Waals surface area contributed by atoms with Gasteiger partial charge in [-0.3, -0.25) is 9.59 Å². The Balaban J connectivity index is 4.36. The van der Waals surface area contributed by atoms with Gasteiger partial charge in [-0.2, -0.15) is 0 Å². The van der Waals surface area contributed by atoms with Gasteiger partial charge in [0.25, 0.3) is 0 Å². The van der Waals surface area contributed by atoms with Crippen LogP contribution in [0.1, 0.15) is 162 Å². The molecule has 0 spiro atoms. The van der Waals surface area contributed by atoms with Crippen LogP contribution >= 0.6 is 0 Å². The van der Waals surface area contributed by atoms with Crippen molar-refractivity contribution in [3.63, 3.8) is 0 Å². The van der Waals surface area contributed by atoms with Gasteiger partial charge in [0.15, 0.2) is 12.1 Å². The van der Waals surface area contributed by atoms with E-state index in [4.69, 9.17) is 14.2 Å². The number of carbonyl (C=O) groups excluding carboxylic acids is 2. The standard InChI is InChI=1S/C42H75NO7/c1-6-8-10-12-14-16-17-18-19-20-21-22-23-25-26-28-30-32-40(44)49-37-38(36-48-35-34-39(42(46)47)43(3,4)5)50-41(45)33-31-29-27-24-15-13-11-9-7-2/h14,16,18-19,24,27,38-39H,6-13,15,17,20-23,25-26,28-37H2,1-5H3/p+1/b16-14+,19-18+,27-24+. The van der Waals surface area contributed by atoms with Crippen molar-refractivity contribution < 1.29 is 38.2 Å². The maximum Gasteiger partial charge on any atom is 0.362 e. The van der Waals surface area contributed by atoms with Crippen LogP contribution in [0.15, 0.2) is 36.5 Å². The van der Waals surface area contributed by atoms with Gasteiger partial charge >= 0.3 is 17.9 Å². The van der Waals surface area contributed by atoms with Crippen molar-refractivity contribution in [3.05, 3.63) is 36.5 Å². The first-order valence-electron chi connectivity index (χ1n) is 20.0. The van der Waals surface area contributed by atoms with Crippen molar-refractivity contribution in [2.45, 2.75) is 174 Å². The first-order chi connectivity index (χ1) is 24.1. The minimum absolute atomic E-state index is 0.0477. The van der Waals surface area contributed by atoms with E-state index in [1.54, 1.807) is 0 Å². The fourth-order valence-corrected chi connectivity index (χ4v) is 5.59. The van der Waals surface area contributed by atoms with Crippen molar-refractivity contribution in [1.29, 1.82) is 0 Å². The van der Waals surface area contributed by atoms with Crippen molar-refractivity contribution in [2.75, 3.05) is 41.0 Å². The van der Waals surface area contributed by atoms with E-state index >= 15 is 0 Å². The molecule has 0 amide bonds. The summed E-state index contributed by atoms with van der Waals surface area (Å²) in [5, 5.41) is 9.58. The Morgan fingerprint density at radius 2 is 1.08 bits per heavy atom. The number of unbranched alkanes of at least 4 members (excludes halogenated alkanes) is 15. The number of allylic oxidation sites excluding steroid dienone is 6. The summed E-state index contributed by atoms with van der Waals surface area (Å²) in [5.41, 5.74) is 0. The maximum atomic E-state index is 12.6. The molecule has 8 nitrogen and oxygen atoms in total. The van der Waals surface area contributed by atoms with E-state index in [0.29, 0.717) is 19.3 Å². The van der Waals surface area contributed by atoms with Crippen LogP contribution in [0.5, 0.6) is 0 Å². The van der Waals surface area contributed by atoms with Gasteiger partial charge in [0.05, 0.1) is 34.4 Å². The Kier molecular flexibility index (Phi) is 32.0. The highest BCUT2D eigenvalue weighted by atomic mass is 16.6. The molecule has 290 valence electrons. The molecule has 0 bridgehead atoms. The molecule has 0 radical (unpaired) electrons. The second-order valence-corrected chi connectivity index (χ2v) is 14.5. The highest BCUT2D eigenvalue weighted by Gasteiger charge is 2.31. The van der Waals surface area contributed by atoms with Crippen molar-refractivity contribution in [3.8, 4) is 0 Å². The van der Waals surface area contributed by atoms with Crippen LogP contribution in [0.4, 0.5) is 0 Å². The summed E-state index contributed by atoms with van der Waals surface area (Å²) < 4.78 is 17.1. The molecule has 2 unspecified atom stereocenters. The van der Waals surface area contributed by atoms with Gasteiger partial charge in [-0.05, 0) is 64.2 Å². The third-order valence-corrected chi connectivity index (χ3v) is 8.76. The number of carboxylic acids is 1. The number of likely N-dealkylation sites (N-methyl/N-ethyl adjacent to an activating group) is 1. The molecule has 0 aliphatic carbocycles. The van der Waals surface area contributed by atoms with Crippen LogP contribution in [0.3, 0.4) is 0 Å². The first kappa shape index (κ1) is 47.5. The molecule has 8 heteroatoms. The predicted octanol–water partition coefficient (Wildman–Crippen LogP) is 10.3. The number of nitrogens with zero attached hydrogens (tertiary/aromatic N) is 1. The molecule has 0 aliphatic rings. The van der Waals surface area contributed by atoms with Gasteiger partial charge < -0.3 is 23.8 Å². The molecule has 0 aromatic heterocycles. The van der Waals surface area contributed by atoms with Crippen LogP contribution in [0.2, 0.25) is 0 Å². The molecule has 0 saturated carbocycles. The smallest absolute Gasteiger partial charge is 0.362 e. The van der Waals surface area contributed by atoms with Crippen molar-refractivity contribution in [2.24, 2.45) is 0 Å². The average molecular weight is 707 g/mol. The summed E-state index contributed by atoms with van der Waals surface area (Å²) in [6.45, 7) is 4.62. The highest BCUT2D eigenvalue weighted by Crippen LogP contribution is 2.13. The van der Waals surface area contributed by atoms with Gasteiger partial charge in [0.1, 0.15) is 6.61 Å². The molecule has 0 saturated heterocycles. The van der Waals surface area contributed by atoms with E-state index in [1.165, 1.54) is 77.0 Å². The lowest BCUT2D eigenvalue weighted by molar-refractivity contribution is -0.887. The summed E-state index contributed by atoms with van der Waals surface area (Å²) in [7, 11) is 5.50. The Labute approximate surface area is 306 Å². The Morgan fingerprint density at radius 3 is 1.66 bits per heavy atom. The molecular formula is C42H76NO7+. The Hall–Kier alpha value is -2.45. The summed E-state index contributed by atoms with van der Waals surface area (Å²) in [4.78, 5) is 36.7. The largest absolute Gasteiger partial charge is 0.477 e. The van der Waals surface area contributed by atoms with E-state index < -0.39 is 18.1 Å². The minimum atomic E-state index is -0.882. The number of quaternary nitrogens is 1. The number of esters is 2. The number of hydrogen-bond donors (Lipinski definition) is 1. The third kappa shape index (κ3) is 31.5. The van der Waals surface area contributed by atoms with Crippen molar-refractivity contribution in [1.82, 2.24) is 0 Å². The quantitative estimate of drug-likeness (QED) is 0.0303. The molecule has 0 heterocycles. The minimum Gasteiger partial charge on any atom is -0.477 e. The van der Waals surface area contributed by atoms with Gasteiger partial charge in [-0.25, -0.2) is 4.79 Å². The normalized spacial score (nSPS) is 13.4. The van der Waals surface area contributed by atoms with Gasteiger partial charge in [0.2, 0.25) is 0 Å². The zero-order valence-electron chi connectivity index (χ0n) is 32.8. The molecule has 0 fully saturated rings. The highest BCUT2D eigenvalue weighted by molar-refractivity contribution is 5.72. The topological polar surface area (TPSA) is 99.1 Å².